The topological polar surface area (TPSA) is 50.1 Å². The Bertz CT molecular complexity index is 518. The summed E-state index contributed by atoms with van der Waals surface area (Å²) >= 11 is 0. The van der Waals surface area contributed by atoms with Gasteiger partial charge in [0.15, 0.2) is 0 Å². The minimum Gasteiger partial charge on any atom is -0.465 e. The fraction of sp³-hybridized carbons (Fsp3) is 0.429. The molecule has 102 valence electrons. The van der Waals surface area contributed by atoms with Gasteiger partial charge in [0.1, 0.15) is 11.6 Å². The molecule has 0 radical (unpaired) electrons. The molecule has 5 heteroatoms. The second-order valence-electron chi connectivity index (χ2n) is 5.27. The molecular formula is C14H15F2NO2. The van der Waals surface area contributed by atoms with E-state index in [0.717, 1.165) is 19.2 Å². The Balaban J connectivity index is 3.40. The summed E-state index contributed by atoms with van der Waals surface area (Å²) < 4.78 is 32.4. The SMILES string of the molecule is COC(=O)c1cc(F)c(C(C#N)C(C)(C)C)c(F)c1. The molecule has 1 aromatic rings. The molecule has 0 spiro atoms. The van der Waals surface area contributed by atoms with Crippen molar-refractivity contribution in [3.8, 4) is 6.07 Å². The Morgan fingerprint density at radius 2 is 1.79 bits per heavy atom. The van der Waals surface area contributed by atoms with Gasteiger partial charge in [0, 0.05) is 5.56 Å². The van der Waals surface area contributed by atoms with Crippen LogP contribution in [-0.4, -0.2) is 13.1 Å². The summed E-state index contributed by atoms with van der Waals surface area (Å²) in [4.78, 5) is 11.2. The predicted molar refractivity (Wildman–Crippen MR) is 65.5 cm³/mol. The van der Waals surface area contributed by atoms with Gasteiger partial charge in [-0.3, -0.25) is 0 Å². The zero-order valence-electron chi connectivity index (χ0n) is 11.3. The molecule has 0 aliphatic carbocycles. The van der Waals surface area contributed by atoms with E-state index in [4.69, 9.17) is 5.26 Å². The van der Waals surface area contributed by atoms with E-state index in [-0.39, 0.29) is 11.1 Å². The largest absolute Gasteiger partial charge is 0.465 e. The van der Waals surface area contributed by atoms with Gasteiger partial charge in [-0.25, -0.2) is 13.6 Å². The molecule has 0 fully saturated rings. The van der Waals surface area contributed by atoms with E-state index in [1.165, 1.54) is 0 Å². The normalized spacial score (nSPS) is 12.7. The molecule has 0 aromatic heterocycles. The quantitative estimate of drug-likeness (QED) is 0.771. The van der Waals surface area contributed by atoms with Crippen molar-refractivity contribution in [1.29, 1.82) is 5.26 Å². The summed E-state index contributed by atoms with van der Waals surface area (Å²) in [5.41, 5.74) is -1.15. The Morgan fingerprint density at radius 1 is 1.32 bits per heavy atom. The second kappa shape index (κ2) is 5.35. The van der Waals surface area contributed by atoms with E-state index in [9.17, 15) is 13.6 Å². The van der Waals surface area contributed by atoms with Crippen molar-refractivity contribution in [2.75, 3.05) is 7.11 Å². The van der Waals surface area contributed by atoms with E-state index < -0.39 is 28.9 Å². The van der Waals surface area contributed by atoms with Crippen LogP contribution >= 0.6 is 0 Å². The molecule has 0 saturated heterocycles. The number of hydrogen-bond acceptors (Lipinski definition) is 3. The number of benzene rings is 1. The van der Waals surface area contributed by atoms with Gasteiger partial charge < -0.3 is 4.74 Å². The third kappa shape index (κ3) is 3.08. The third-order valence-electron chi connectivity index (χ3n) is 2.78. The zero-order valence-corrected chi connectivity index (χ0v) is 11.3. The van der Waals surface area contributed by atoms with Crippen LogP contribution in [0.3, 0.4) is 0 Å². The minimum absolute atomic E-state index is 0.216. The summed E-state index contributed by atoms with van der Waals surface area (Å²) in [5.74, 6) is -3.60. The third-order valence-corrected chi connectivity index (χ3v) is 2.78. The lowest BCUT2D eigenvalue weighted by Crippen LogP contribution is -2.20. The lowest BCUT2D eigenvalue weighted by atomic mass is 9.77. The van der Waals surface area contributed by atoms with Crippen LogP contribution in [0, 0.1) is 28.4 Å². The molecule has 0 aliphatic rings. The monoisotopic (exact) mass is 267 g/mol. The summed E-state index contributed by atoms with van der Waals surface area (Å²) in [6.07, 6.45) is 0. The number of halogens is 2. The molecule has 0 amide bonds. The number of hydrogen-bond donors (Lipinski definition) is 0. The number of esters is 1. The number of nitrogens with zero attached hydrogens (tertiary/aromatic N) is 1. The van der Waals surface area contributed by atoms with Gasteiger partial charge in [0.05, 0.1) is 24.7 Å². The molecule has 0 bridgehead atoms. The average molecular weight is 267 g/mol. The van der Waals surface area contributed by atoms with E-state index >= 15 is 0 Å². The summed E-state index contributed by atoms with van der Waals surface area (Å²) in [7, 11) is 1.12. The molecule has 1 rings (SSSR count). The fourth-order valence-electron chi connectivity index (χ4n) is 1.79. The highest BCUT2D eigenvalue weighted by Crippen LogP contribution is 2.37. The van der Waals surface area contributed by atoms with Gasteiger partial charge in [0.25, 0.3) is 0 Å². The average Bonchev–Trinajstić information content (AvgIpc) is 2.30. The number of methoxy groups -OCH3 is 1. The van der Waals surface area contributed by atoms with Gasteiger partial charge in [-0.1, -0.05) is 20.8 Å². The molecule has 3 nitrogen and oxygen atoms in total. The number of nitriles is 1. The lowest BCUT2D eigenvalue weighted by Gasteiger charge is -2.25. The van der Waals surface area contributed by atoms with Crippen molar-refractivity contribution < 1.29 is 18.3 Å². The van der Waals surface area contributed by atoms with Crippen molar-refractivity contribution in [1.82, 2.24) is 0 Å². The van der Waals surface area contributed by atoms with Gasteiger partial charge in [-0.2, -0.15) is 5.26 Å². The van der Waals surface area contributed by atoms with E-state index in [2.05, 4.69) is 4.74 Å². The highest BCUT2D eigenvalue weighted by Gasteiger charge is 2.32. The molecule has 0 heterocycles. The summed E-state index contributed by atoms with van der Waals surface area (Å²) in [5, 5.41) is 9.11. The second-order valence-corrected chi connectivity index (χ2v) is 5.27. The van der Waals surface area contributed by atoms with E-state index in [0.29, 0.717) is 0 Å². The molecule has 1 aromatic carbocycles. The minimum atomic E-state index is -0.945. The van der Waals surface area contributed by atoms with Crippen LogP contribution in [0.5, 0.6) is 0 Å². The van der Waals surface area contributed by atoms with E-state index in [1.54, 1.807) is 20.8 Å². The van der Waals surface area contributed by atoms with Crippen molar-refractivity contribution >= 4 is 5.97 Å². The molecule has 1 unspecified atom stereocenters. The van der Waals surface area contributed by atoms with Crippen molar-refractivity contribution in [3.63, 3.8) is 0 Å². The van der Waals surface area contributed by atoms with Crippen LogP contribution in [0.25, 0.3) is 0 Å². The maximum absolute atomic E-state index is 14.0. The fourth-order valence-corrected chi connectivity index (χ4v) is 1.79. The number of carbonyl (C=O) groups is 1. The molecular weight excluding hydrogens is 252 g/mol. The number of ether oxygens (including phenoxy) is 1. The van der Waals surface area contributed by atoms with Gasteiger partial charge in [0.2, 0.25) is 0 Å². The maximum Gasteiger partial charge on any atom is 0.338 e. The van der Waals surface area contributed by atoms with Crippen LogP contribution < -0.4 is 0 Å². The zero-order chi connectivity index (χ0) is 14.8. The highest BCUT2D eigenvalue weighted by molar-refractivity contribution is 5.89. The lowest BCUT2D eigenvalue weighted by molar-refractivity contribution is 0.0599. The summed E-state index contributed by atoms with van der Waals surface area (Å²) in [6, 6.07) is 3.68. The highest BCUT2D eigenvalue weighted by atomic mass is 19.1. The van der Waals surface area contributed by atoms with Crippen LogP contribution in [-0.2, 0) is 4.74 Å². The van der Waals surface area contributed by atoms with Crippen molar-refractivity contribution in [2.24, 2.45) is 5.41 Å². The van der Waals surface area contributed by atoms with Gasteiger partial charge in [-0.05, 0) is 17.5 Å². The standard InChI is InChI=1S/C14H15F2NO2/c1-14(2,3)9(7-17)12-10(15)5-8(6-11(12)16)13(18)19-4/h5-6,9H,1-4H3. The number of rotatable bonds is 2. The van der Waals surface area contributed by atoms with Crippen LogP contribution in [0.1, 0.15) is 42.6 Å². The number of carbonyl (C=O) groups excluding carboxylic acids is 1. The first-order valence-electron chi connectivity index (χ1n) is 5.69. The Labute approximate surface area is 110 Å². The first kappa shape index (κ1) is 15.1. The predicted octanol–water partition coefficient (Wildman–Crippen LogP) is 3.40. The van der Waals surface area contributed by atoms with Gasteiger partial charge >= 0.3 is 5.97 Å². The van der Waals surface area contributed by atoms with Crippen molar-refractivity contribution in [2.45, 2.75) is 26.7 Å². The Kier molecular flexibility index (Phi) is 4.25. The van der Waals surface area contributed by atoms with Crippen LogP contribution in [0.4, 0.5) is 8.78 Å². The molecule has 19 heavy (non-hydrogen) atoms. The summed E-state index contributed by atoms with van der Waals surface area (Å²) in [6.45, 7) is 5.15. The first-order valence-corrected chi connectivity index (χ1v) is 5.69. The van der Waals surface area contributed by atoms with Crippen LogP contribution in [0.15, 0.2) is 12.1 Å². The van der Waals surface area contributed by atoms with Gasteiger partial charge in [-0.15, -0.1) is 0 Å². The molecule has 1 atom stereocenters. The molecule has 0 N–H and O–H groups in total. The first-order chi connectivity index (χ1) is 8.72. The smallest absolute Gasteiger partial charge is 0.338 e. The molecule has 0 saturated carbocycles. The molecule has 0 aliphatic heterocycles. The Hall–Kier alpha value is -1.96. The van der Waals surface area contributed by atoms with Crippen LogP contribution in [0.2, 0.25) is 0 Å². The maximum atomic E-state index is 14.0. The Morgan fingerprint density at radius 3 is 2.11 bits per heavy atom. The van der Waals surface area contributed by atoms with E-state index in [1.807, 2.05) is 6.07 Å². The van der Waals surface area contributed by atoms with Crippen molar-refractivity contribution in [3.05, 3.63) is 34.9 Å².